The second-order valence-corrected chi connectivity index (χ2v) is 3.76. The summed E-state index contributed by atoms with van der Waals surface area (Å²) in [5, 5.41) is 8.97. The lowest BCUT2D eigenvalue weighted by molar-refractivity contribution is 0.162. The zero-order chi connectivity index (χ0) is 11.6. The van der Waals surface area contributed by atoms with E-state index in [1.807, 2.05) is 25.3 Å². The molecular weight excluding hydrogens is 190 g/mol. The molecular formula is C11H17N3O. The van der Waals surface area contributed by atoms with Gasteiger partial charge in [0.15, 0.2) is 0 Å². The van der Waals surface area contributed by atoms with E-state index in [-0.39, 0.29) is 6.04 Å². The van der Waals surface area contributed by atoms with Crippen molar-refractivity contribution in [1.29, 1.82) is 5.26 Å². The molecule has 1 rings (SSSR count). The highest BCUT2D eigenvalue weighted by molar-refractivity contribution is 5.58. The Hall–Kier alpha value is -1.47. The number of methoxy groups -OCH3 is 1. The summed E-state index contributed by atoms with van der Waals surface area (Å²) in [7, 11) is 1.66. The Morgan fingerprint density at radius 2 is 2.13 bits per heavy atom. The van der Waals surface area contributed by atoms with Gasteiger partial charge in [-0.1, -0.05) is 0 Å². The van der Waals surface area contributed by atoms with Crippen LogP contribution in [0.1, 0.15) is 29.8 Å². The van der Waals surface area contributed by atoms with Gasteiger partial charge in [-0.3, -0.25) is 0 Å². The molecule has 0 saturated heterocycles. The normalized spacial score (nSPS) is 12.5. The smallest absolute Gasteiger partial charge is 0.122 e. The summed E-state index contributed by atoms with van der Waals surface area (Å²) in [6, 6.07) is 2.28. The first-order valence-corrected chi connectivity index (χ1v) is 4.90. The van der Waals surface area contributed by atoms with Gasteiger partial charge in [0, 0.05) is 12.8 Å². The van der Waals surface area contributed by atoms with E-state index in [0.717, 1.165) is 11.3 Å². The number of nitrogens with zero attached hydrogens (tertiary/aromatic N) is 2. The highest BCUT2D eigenvalue weighted by Gasteiger charge is 2.18. The van der Waals surface area contributed by atoms with Crippen LogP contribution in [0, 0.1) is 25.2 Å². The van der Waals surface area contributed by atoms with Crippen molar-refractivity contribution in [2.45, 2.75) is 26.8 Å². The van der Waals surface area contributed by atoms with E-state index >= 15 is 0 Å². The minimum absolute atomic E-state index is 0.149. The minimum atomic E-state index is 0.149. The Bertz CT molecular complexity index is 401. The van der Waals surface area contributed by atoms with Gasteiger partial charge in [-0.25, -0.2) is 0 Å². The Morgan fingerprint density at radius 3 is 2.53 bits per heavy atom. The second kappa shape index (κ2) is 4.37. The van der Waals surface area contributed by atoms with Crippen LogP contribution in [0.3, 0.4) is 0 Å². The summed E-state index contributed by atoms with van der Waals surface area (Å²) in [5.41, 5.74) is 8.50. The van der Waals surface area contributed by atoms with Gasteiger partial charge in [-0.2, -0.15) is 5.26 Å². The van der Waals surface area contributed by atoms with E-state index in [1.165, 1.54) is 0 Å². The lowest BCUT2D eigenvalue weighted by Gasteiger charge is -2.17. The van der Waals surface area contributed by atoms with Crippen molar-refractivity contribution >= 4 is 5.82 Å². The van der Waals surface area contributed by atoms with Gasteiger partial charge in [0.25, 0.3) is 0 Å². The second-order valence-electron chi connectivity index (χ2n) is 3.76. The van der Waals surface area contributed by atoms with Crippen molar-refractivity contribution in [2.24, 2.45) is 0 Å². The molecule has 0 bridgehead atoms. The SMILES string of the molecule is COCC(C)n1c(C)c(C)c(C#N)c1N. The molecule has 1 atom stereocenters. The van der Waals surface area contributed by atoms with E-state index in [4.69, 9.17) is 15.7 Å². The number of ether oxygens (including phenoxy) is 1. The summed E-state index contributed by atoms with van der Waals surface area (Å²) in [6.45, 7) is 6.50. The molecule has 0 amide bonds. The third kappa shape index (κ3) is 1.83. The quantitative estimate of drug-likeness (QED) is 0.821. The predicted molar refractivity (Wildman–Crippen MR) is 59.6 cm³/mol. The Morgan fingerprint density at radius 1 is 1.53 bits per heavy atom. The topological polar surface area (TPSA) is 64.0 Å². The van der Waals surface area contributed by atoms with Crippen molar-refractivity contribution in [3.05, 3.63) is 16.8 Å². The summed E-state index contributed by atoms with van der Waals surface area (Å²) in [6.07, 6.45) is 0. The average Bonchev–Trinajstić information content (AvgIpc) is 2.39. The van der Waals surface area contributed by atoms with Gasteiger partial charge < -0.3 is 15.0 Å². The first-order valence-electron chi connectivity index (χ1n) is 4.90. The molecule has 1 aromatic rings. The molecule has 0 spiro atoms. The molecule has 4 nitrogen and oxygen atoms in total. The molecule has 0 saturated carbocycles. The van der Waals surface area contributed by atoms with Gasteiger partial charge >= 0.3 is 0 Å². The number of nitrogen functional groups attached to an aromatic ring is 1. The number of anilines is 1. The predicted octanol–water partition coefficient (Wildman–Crippen LogP) is 1.77. The lowest BCUT2D eigenvalue weighted by Crippen LogP contribution is -2.14. The van der Waals surface area contributed by atoms with Gasteiger partial charge in [0.1, 0.15) is 11.9 Å². The molecule has 0 aromatic carbocycles. The zero-order valence-corrected chi connectivity index (χ0v) is 9.66. The van der Waals surface area contributed by atoms with Gasteiger partial charge in [-0.05, 0) is 26.3 Å². The van der Waals surface area contributed by atoms with E-state index in [2.05, 4.69) is 6.07 Å². The number of hydrogen-bond donors (Lipinski definition) is 1. The molecule has 0 aliphatic heterocycles. The fraction of sp³-hybridized carbons (Fsp3) is 0.545. The summed E-state index contributed by atoms with van der Waals surface area (Å²) in [4.78, 5) is 0. The largest absolute Gasteiger partial charge is 0.384 e. The van der Waals surface area contributed by atoms with Crippen LogP contribution >= 0.6 is 0 Å². The number of aromatic nitrogens is 1. The molecule has 1 heterocycles. The van der Waals surface area contributed by atoms with Crippen molar-refractivity contribution in [2.75, 3.05) is 19.5 Å². The molecule has 0 aliphatic carbocycles. The Balaban J connectivity index is 3.25. The van der Waals surface area contributed by atoms with Crippen molar-refractivity contribution in [3.8, 4) is 6.07 Å². The molecule has 0 radical (unpaired) electrons. The van der Waals surface area contributed by atoms with Crippen LogP contribution in [-0.4, -0.2) is 18.3 Å². The first kappa shape index (κ1) is 11.6. The Labute approximate surface area is 90.3 Å². The highest BCUT2D eigenvalue weighted by Crippen LogP contribution is 2.27. The van der Waals surface area contributed by atoms with Crippen molar-refractivity contribution in [1.82, 2.24) is 4.57 Å². The molecule has 1 aromatic heterocycles. The maximum Gasteiger partial charge on any atom is 0.122 e. The third-order valence-electron chi connectivity index (χ3n) is 2.76. The monoisotopic (exact) mass is 207 g/mol. The van der Waals surface area contributed by atoms with Crippen molar-refractivity contribution < 1.29 is 4.74 Å². The average molecular weight is 207 g/mol. The fourth-order valence-corrected chi connectivity index (χ4v) is 1.88. The highest BCUT2D eigenvalue weighted by atomic mass is 16.5. The van der Waals surface area contributed by atoms with Crippen LogP contribution in [0.4, 0.5) is 5.82 Å². The molecule has 0 fully saturated rings. The molecule has 0 aliphatic rings. The van der Waals surface area contributed by atoms with Gasteiger partial charge in [0.05, 0.1) is 18.2 Å². The van der Waals surface area contributed by atoms with E-state index < -0.39 is 0 Å². The summed E-state index contributed by atoms with van der Waals surface area (Å²) < 4.78 is 7.05. The van der Waals surface area contributed by atoms with Gasteiger partial charge in [-0.15, -0.1) is 0 Å². The van der Waals surface area contributed by atoms with Crippen molar-refractivity contribution in [3.63, 3.8) is 0 Å². The molecule has 4 heteroatoms. The fourth-order valence-electron chi connectivity index (χ4n) is 1.88. The summed E-state index contributed by atoms with van der Waals surface area (Å²) >= 11 is 0. The van der Waals surface area contributed by atoms with Crippen LogP contribution in [0.25, 0.3) is 0 Å². The summed E-state index contributed by atoms with van der Waals surface area (Å²) in [5.74, 6) is 0.539. The van der Waals surface area contributed by atoms with Crippen LogP contribution < -0.4 is 5.73 Å². The van der Waals surface area contributed by atoms with Crippen LogP contribution in [0.5, 0.6) is 0 Å². The Kier molecular flexibility index (Phi) is 3.38. The standard InChI is InChI=1S/C11H17N3O/c1-7(6-15-4)14-9(3)8(2)10(5-12)11(14)13/h7H,6,13H2,1-4H3. The number of rotatable bonds is 3. The molecule has 15 heavy (non-hydrogen) atoms. The van der Waals surface area contributed by atoms with E-state index in [9.17, 15) is 0 Å². The van der Waals surface area contributed by atoms with Crippen LogP contribution in [0.15, 0.2) is 0 Å². The van der Waals surface area contributed by atoms with Crippen LogP contribution in [0.2, 0.25) is 0 Å². The molecule has 1 unspecified atom stereocenters. The zero-order valence-electron chi connectivity index (χ0n) is 9.66. The van der Waals surface area contributed by atoms with Gasteiger partial charge in [0.2, 0.25) is 0 Å². The molecule has 82 valence electrons. The van der Waals surface area contributed by atoms with E-state index in [0.29, 0.717) is 18.0 Å². The number of hydrogen-bond acceptors (Lipinski definition) is 3. The van der Waals surface area contributed by atoms with E-state index in [1.54, 1.807) is 7.11 Å². The lowest BCUT2D eigenvalue weighted by atomic mass is 10.2. The maximum absolute atomic E-state index is 8.97. The maximum atomic E-state index is 8.97. The first-order chi connectivity index (χ1) is 7.04. The number of nitriles is 1. The number of nitrogens with two attached hydrogens (primary N) is 1. The minimum Gasteiger partial charge on any atom is -0.384 e. The third-order valence-corrected chi connectivity index (χ3v) is 2.76. The van der Waals surface area contributed by atoms with Crippen LogP contribution in [-0.2, 0) is 4.74 Å². The molecule has 2 N–H and O–H groups in total.